The summed E-state index contributed by atoms with van der Waals surface area (Å²) in [6.45, 7) is 8.66. The Hall–Kier alpha value is -3.93. The minimum Gasteiger partial charge on any atom is -0.491 e. The molecule has 2 heterocycles. The quantitative estimate of drug-likeness (QED) is 0.331. The summed E-state index contributed by atoms with van der Waals surface area (Å²) in [4.78, 5) is 16.4. The van der Waals surface area contributed by atoms with Crippen LogP contribution in [-0.2, 0) is 6.54 Å². The number of aliphatic imine (C=N–C) groups is 1. The van der Waals surface area contributed by atoms with Gasteiger partial charge in [-0.3, -0.25) is 4.99 Å². The fraction of sp³-hybridized carbons (Fsp3) is 0.241. The van der Waals surface area contributed by atoms with E-state index in [2.05, 4.69) is 35.5 Å². The lowest BCUT2D eigenvalue weighted by Crippen LogP contribution is -2.07. The van der Waals surface area contributed by atoms with E-state index in [4.69, 9.17) is 4.74 Å². The minimum absolute atomic E-state index is 0.0916. The Balaban J connectivity index is 1.89. The molecule has 35 heavy (non-hydrogen) atoms. The Labute approximate surface area is 203 Å². The molecule has 4 aromatic rings. The summed E-state index contributed by atoms with van der Waals surface area (Å²) >= 11 is 0. The molecule has 0 saturated carbocycles. The SMILES string of the molecule is CC(C)Oc1cc(C(=O)O)cc(-c2c(C(C)C)n(-c3ccc(F)cc3)c3cc4c(cc23)CN=C4)c1. The number of aromatic nitrogens is 1. The van der Waals surface area contributed by atoms with E-state index in [0.717, 1.165) is 44.5 Å². The average molecular weight is 471 g/mol. The number of ether oxygens (including phenoxy) is 1. The Morgan fingerprint density at radius 1 is 1.06 bits per heavy atom. The van der Waals surface area contributed by atoms with Crippen molar-refractivity contribution >= 4 is 23.1 Å². The van der Waals surface area contributed by atoms with Crippen LogP contribution < -0.4 is 4.74 Å². The highest BCUT2D eigenvalue weighted by Crippen LogP contribution is 2.43. The van der Waals surface area contributed by atoms with Gasteiger partial charge in [-0.05, 0) is 91.1 Å². The van der Waals surface area contributed by atoms with Crippen LogP contribution in [0.5, 0.6) is 5.75 Å². The molecule has 5 rings (SSSR count). The van der Waals surface area contributed by atoms with Crippen molar-refractivity contribution in [3.8, 4) is 22.6 Å². The van der Waals surface area contributed by atoms with Gasteiger partial charge in [0.2, 0.25) is 0 Å². The summed E-state index contributed by atoms with van der Waals surface area (Å²) in [5.41, 5.74) is 6.90. The molecule has 1 aromatic heterocycles. The van der Waals surface area contributed by atoms with Gasteiger partial charge in [-0.1, -0.05) is 13.8 Å². The Kier molecular flexibility index (Phi) is 5.67. The smallest absolute Gasteiger partial charge is 0.335 e. The number of halogens is 1. The van der Waals surface area contributed by atoms with Gasteiger partial charge in [0.15, 0.2) is 0 Å². The Morgan fingerprint density at radius 3 is 2.46 bits per heavy atom. The third kappa shape index (κ3) is 4.09. The van der Waals surface area contributed by atoms with Crippen molar-refractivity contribution in [2.75, 3.05) is 0 Å². The maximum atomic E-state index is 13.8. The number of aromatic carboxylic acids is 1. The molecule has 1 aliphatic heterocycles. The molecule has 1 N–H and O–H groups in total. The number of fused-ring (bicyclic) bond motifs is 2. The molecule has 0 fully saturated rings. The fourth-order valence-electron chi connectivity index (χ4n) is 4.84. The number of carbonyl (C=O) groups is 1. The van der Waals surface area contributed by atoms with Crippen molar-refractivity contribution < 1.29 is 19.0 Å². The number of nitrogens with zero attached hydrogens (tertiary/aromatic N) is 2. The number of hydrogen-bond donors (Lipinski definition) is 1. The van der Waals surface area contributed by atoms with Crippen LogP contribution in [0.4, 0.5) is 4.39 Å². The van der Waals surface area contributed by atoms with E-state index in [-0.39, 0.29) is 23.4 Å². The second-order valence-electron chi connectivity index (χ2n) is 9.48. The van der Waals surface area contributed by atoms with Crippen molar-refractivity contribution in [1.29, 1.82) is 0 Å². The van der Waals surface area contributed by atoms with Gasteiger partial charge >= 0.3 is 5.97 Å². The maximum absolute atomic E-state index is 13.8. The lowest BCUT2D eigenvalue weighted by Gasteiger charge is -2.17. The third-order valence-corrected chi connectivity index (χ3v) is 6.20. The van der Waals surface area contributed by atoms with Crippen LogP contribution in [0.2, 0.25) is 0 Å². The number of hydrogen-bond acceptors (Lipinski definition) is 3. The molecule has 0 saturated heterocycles. The van der Waals surface area contributed by atoms with E-state index in [1.54, 1.807) is 24.3 Å². The molecule has 178 valence electrons. The molecule has 0 radical (unpaired) electrons. The summed E-state index contributed by atoms with van der Waals surface area (Å²) in [5, 5.41) is 10.8. The zero-order valence-electron chi connectivity index (χ0n) is 20.2. The van der Waals surface area contributed by atoms with Crippen LogP contribution >= 0.6 is 0 Å². The van der Waals surface area contributed by atoms with Gasteiger partial charge < -0.3 is 14.4 Å². The second-order valence-corrected chi connectivity index (χ2v) is 9.48. The van der Waals surface area contributed by atoms with E-state index < -0.39 is 5.97 Å². The van der Waals surface area contributed by atoms with Crippen LogP contribution in [0.25, 0.3) is 27.7 Å². The first kappa shape index (κ1) is 22.8. The summed E-state index contributed by atoms with van der Waals surface area (Å²) < 4.78 is 21.9. The second kappa shape index (κ2) is 8.69. The fourth-order valence-corrected chi connectivity index (χ4v) is 4.84. The van der Waals surface area contributed by atoms with E-state index in [1.807, 2.05) is 26.1 Å². The molecule has 0 bridgehead atoms. The zero-order valence-corrected chi connectivity index (χ0v) is 20.2. The molecular weight excluding hydrogens is 443 g/mol. The van der Waals surface area contributed by atoms with Gasteiger partial charge in [0, 0.05) is 28.5 Å². The molecule has 0 aliphatic carbocycles. The predicted molar refractivity (Wildman–Crippen MR) is 137 cm³/mol. The average Bonchev–Trinajstić information content (AvgIpc) is 3.39. The number of carboxylic acids is 1. The van der Waals surface area contributed by atoms with Crippen molar-refractivity contribution in [2.45, 2.75) is 46.3 Å². The molecule has 1 aliphatic rings. The lowest BCUT2D eigenvalue weighted by atomic mass is 9.94. The number of carboxylic acid groups (broad SMARTS) is 1. The first-order valence-corrected chi connectivity index (χ1v) is 11.8. The third-order valence-electron chi connectivity index (χ3n) is 6.20. The summed E-state index contributed by atoms with van der Waals surface area (Å²) in [6.07, 6.45) is 1.78. The van der Waals surface area contributed by atoms with E-state index in [9.17, 15) is 14.3 Å². The zero-order chi connectivity index (χ0) is 24.9. The highest BCUT2D eigenvalue weighted by atomic mass is 19.1. The molecule has 0 unspecified atom stereocenters. The molecule has 3 aromatic carbocycles. The van der Waals surface area contributed by atoms with Crippen LogP contribution in [0.15, 0.2) is 59.6 Å². The van der Waals surface area contributed by atoms with Crippen LogP contribution in [0, 0.1) is 5.82 Å². The van der Waals surface area contributed by atoms with Gasteiger partial charge in [0.1, 0.15) is 11.6 Å². The minimum atomic E-state index is -1.01. The van der Waals surface area contributed by atoms with Crippen molar-refractivity contribution in [1.82, 2.24) is 4.57 Å². The number of rotatable bonds is 6. The highest BCUT2D eigenvalue weighted by Gasteiger charge is 2.25. The molecular formula is C29H27FN2O3. The van der Waals surface area contributed by atoms with Gasteiger partial charge in [0.25, 0.3) is 0 Å². The Bertz CT molecular complexity index is 1480. The summed E-state index contributed by atoms with van der Waals surface area (Å²) in [6, 6.07) is 15.9. The first-order valence-electron chi connectivity index (χ1n) is 11.8. The predicted octanol–water partition coefficient (Wildman–Crippen LogP) is 6.98. The standard InChI is InChI=1S/C29H27FN2O3/c1-16(2)28-27(18-9-19(29(33)34)11-24(10-18)35-17(3)4)25-12-20-14-31-15-21(20)13-26(25)32(28)23-7-5-22(30)6-8-23/h5-13,15-17H,14H2,1-4H3,(H,33,34). The molecule has 5 nitrogen and oxygen atoms in total. The highest BCUT2D eigenvalue weighted by molar-refractivity contribution is 6.04. The maximum Gasteiger partial charge on any atom is 0.335 e. The molecule has 6 heteroatoms. The molecule has 0 atom stereocenters. The lowest BCUT2D eigenvalue weighted by molar-refractivity contribution is 0.0696. The molecule has 0 amide bonds. The topological polar surface area (TPSA) is 63.8 Å². The van der Waals surface area contributed by atoms with Crippen molar-refractivity contribution in [2.24, 2.45) is 4.99 Å². The van der Waals surface area contributed by atoms with E-state index >= 15 is 0 Å². The normalized spacial score (nSPS) is 12.7. The van der Waals surface area contributed by atoms with E-state index in [1.165, 1.54) is 12.1 Å². The van der Waals surface area contributed by atoms with Crippen LogP contribution in [0.1, 0.15) is 60.8 Å². The van der Waals surface area contributed by atoms with Crippen LogP contribution in [-0.4, -0.2) is 28.0 Å². The van der Waals surface area contributed by atoms with Gasteiger partial charge in [-0.15, -0.1) is 0 Å². The van der Waals surface area contributed by atoms with Gasteiger partial charge in [-0.25, -0.2) is 9.18 Å². The largest absolute Gasteiger partial charge is 0.491 e. The monoisotopic (exact) mass is 470 g/mol. The number of benzene rings is 3. The van der Waals surface area contributed by atoms with Gasteiger partial charge in [0.05, 0.1) is 23.7 Å². The summed E-state index contributed by atoms with van der Waals surface area (Å²) in [7, 11) is 0. The first-order chi connectivity index (χ1) is 16.7. The molecule has 0 spiro atoms. The van der Waals surface area contributed by atoms with Crippen molar-refractivity contribution in [3.63, 3.8) is 0 Å². The van der Waals surface area contributed by atoms with Gasteiger partial charge in [-0.2, -0.15) is 0 Å². The Morgan fingerprint density at radius 2 is 1.80 bits per heavy atom. The van der Waals surface area contributed by atoms with E-state index in [0.29, 0.717) is 12.3 Å². The van der Waals surface area contributed by atoms with Crippen molar-refractivity contribution in [3.05, 3.63) is 82.8 Å². The summed E-state index contributed by atoms with van der Waals surface area (Å²) in [5.74, 6) is -0.706. The van der Waals surface area contributed by atoms with Crippen LogP contribution in [0.3, 0.4) is 0 Å².